The molecule has 0 bridgehead atoms. The summed E-state index contributed by atoms with van der Waals surface area (Å²) in [5.74, 6) is 0.674. The summed E-state index contributed by atoms with van der Waals surface area (Å²) in [5.41, 5.74) is 11.1. The molecule has 3 aromatic heterocycles. The van der Waals surface area contributed by atoms with Gasteiger partial charge in [0.25, 0.3) is 0 Å². The first-order chi connectivity index (χ1) is 24.3. The Bertz CT molecular complexity index is 2790. The highest BCUT2D eigenvalue weighted by Crippen LogP contribution is 2.37. The van der Waals surface area contributed by atoms with E-state index in [0.29, 0.717) is 5.82 Å². The molecule has 0 aliphatic rings. The van der Waals surface area contributed by atoms with Crippen LogP contribution >= 0.6 is 0 Å². The molecule has 0 N–H and O–H groups in total. The average Bonchev–Trinajstić information content (AvgIpc) is 3.57. The lowest BCUT2D eigenvalue weighted by atomic mass is 9.98. The molecule has 3 heterocycles. The minimum Gasteiger partial charge on any atom is -0.306 e. The summed E-state index contributed by atoms with van der Waals surface area (Å²) in [5, 5.41) is 5.87. The van der Waals surface area contributed by atoms with E-state index < -0.39 is 0 Å². The summed E-state index contributed by atoms with van der Waals surface area (Å²) in [6.45, 7) is 0. The average molecular weight is 625 g/mol. The zero-order valence-corrected chi connectivity index (χ0v) is 26.5. The van der Waals surface area contributed by atoms with Crippen LogP contribution in [0.4, 0.5) is 0 Å². The molecule has 0 unspecified atom stereocenters. The second kappa shape index (κ2) is 11.0. The third-order valence-corrected chi connectivity index (χ3v) is 9.56. The Morgan fingerprint density at radius 1 is 0.367 bits per heavy atom. The first-order valence-electron chi connectivity index (χ1n) is 16.5. The Morgan fingerprint density at radius 2 is 0.918 bits per heavy atom. The van der Waals surface area contributed by atoms with Crippen LogP contribution in [-0.4, -0.2) is 19.4 Å². The SMILES string of the molecule is c1cc(-c2nc(-c3cccc4ccccc34)cc(-c3cccc4ccccc34)n2)cc(-c2nc3ccccc3n3c2cc2ccccc23)c1. The summed E-state index contributed by atoms with van der Waals surface area (Å²) in [7, 11) is 0. The van der Waals surface area contributed by atoms with Crippen molar-refractivity contribution in [2.45, 2.75) is 0 Å². The van der Waals surface area contributed by atoms with E-state index in [2.05, 4.69) is 174 Å². The van der Waals surface area contributed by atoms with Crippen molar-refractivity contribution in [3.8, 4) is 45.2 Å². The maximum Gasteiger partial charge on any atom is 0.160 e. The Labute approximate surface area is 282 Å². The minimum absolute atomic E-state index is 0.674. The van der Waals surface area contributed by atoms with Crippen molar-refractivity contribution in [2.75, 3.05) is 0 Å². The molecule has 0 amide bonds. The molecule has 0 fully saturated rings. The second-order valence-corrected chi connectivity index (χ2v) is 12.5. The molecule has 0 spiro atoms. The molecule has 4 heteroatoms. The van der Waals surface area contributed by atoms with Gasteiger partial charge in [-0.05, 0) is 57.9 Å². The van der Waals surface area contributed by atoms with Crippen molar-refractivity contribution >= 4 is 49.0 Å². The lowest BCUT2D eigenvalue weighted by Gasteiger charge is -2.13. The Balaban J connectivity index is 1.22. The van der Waals surface area contributed by atoms with Gasteiger partial charge in [0.15, 0.2) is 5.82 Å². The molecule has 228 valence electrons. The number of benzene rings is 7. The predicted octanol–water partition coefficient (Wildman–Crippen LogP) is 11.4. The zero-order chi connectivity index (χ0) is 32.3. The Kier molecular flexibility index (Phi) is 6.15. The highest BCUT2D eigenvalue weighted by Gasteiger charge is 2.17. The van der Waals surface area contributed by atoms with Crippen LogP contribution in [-0.2, 0) is 0 Å². The van der Waals surface area contributed by atoms with Gasteiger partial charge in [-0.25, -0.2) is 15.0 Å². The number of rotatable bonds is 4. The normalized spacial score (nSPS) is 11.7. The molecule has 7 aromatic carbocycles. The molecular weight excluding hydrogens is 597 g/mol. The summed E-state index contributed by atoms with van der Waals surface area (Å²) in [6.07, 6.45) is 0. The van der Waals surface area contributed by atoms with Crippen molar-refractivity contribution in [3.05, 3.63) is 170 Å². The number of nitrogens with zero attached hydrogens (tertiary/aromatic N) is 4. The summed E-state index contributed by atoms with van der Waals surface area (Å²) < 4.78 is 2.33. The molecule has 0 saturated heterocycles. The number of hydrogen-bond donors (Lipinski definition) is 0. The van der Waals surface area contributed by atoms with Crippen LogP contribution in [0.1, 0.15) is 0 Å². The molecule has 0 radical (unpaired) electrons. The van der Waals surface area contributed by atoms with E-state index in [1.54, 1.807) is 0 Å². The van der Waals surface area contributed by atoms with E-state index in [4.69, 9.17) is 15.0 Å². The second-order valence-electron chi connectivity index (χ2n) is 12.5. The van der Waals surface area contributed by atoms with E-state index in [1.807, 2.05) is 0 Å². The maximum absolute atomic E-state index is 5.27. The molecule has 0 aliphatic heterocycles. The van der Waals surface area contributed by atoms with Gasteiger partial charge in [0.2, 0.25) is 0 Å². The third kappa shape index (κ3) is 4.49. The molecule has 10 rings (SSSR count). The minimum atomic E-state index is 0.674. The lowest BCUT2D eigenvalue weighted by Crippen LogP contribution is -1.98. The van der Waals surface area contributed by atoms with Gasteiger partial charge in [0, 0.05) is 27.6 Å². The number of hydrogen-bond acceptors (Lipinski definition) is 3. The molecule has 0 aliphatic carbocycles. The molecule has 0 atom stereocenters. The van der Waals surface area contributed by atoms with Crippen LogP contribution in [0.3, 0.4) is 0 Å². The molecule has 49 heavy (non-hydrogen) atoms. The van der Waals surface area contributed by atoms with Gasteiger partial charge >= 0.3 is 0 Å². The van der Waals surface area contributed by atoms with Gasteiger partial charge in [-0.3, -0.25) is 0 Å². The van der Waals surface area contributed by atoms with Crippen molar-refractivity contribution in [3.63, 3.8) is 0 Å². The highest BCUT2D eigenvalue weighted by atomic mass is 14.9. The van der Waals surface area contributed by atoms with Crippen molar-refractivity contribution in [1.82, 2.24) is 19.4 Å². The number of aromatic nitrogens is 4. The Morgan fingerprint density at radius 3 is 1.63 bits per heavy atom. The van der Waals surface area contributed by atoms with E-state index in [0.717, 1.165) is 66.7 Å². The fourth-order valence-corrected chi connectivity index (χ4v) is 7.28. The number of fused-ring (bicyclic) bond motifs is 7. The van der Waals surface area contributed by atoms with Crippen LogP contribution in [0.25, 0.3) is 94.2 Å². The molecular formula is C45H28N4. The summed E-state index contributed by atoms with van der Waals surface area (Å²) in [4.78, 5) is 15.8. The van der Waals surface area contributed by atoms with Crippen molar-refractivity contribution < 1.29 is 0 Å². The fraction of sp³-hybridized carbons (Fsp3) is 0. The van der Waals surface area contributed by atoms with E-state index in [1.165, 1.54) is 21.7 Å². The monoisotopic (exact) mass is 624 g/mol. The van der Waals surface area contributed by atoms with Gasteiger partial charge < -0.3 is 4.40 Å². The van der Waals surface area contributed by atoms with Crippen LogP contribution < -0.4 is 0 Å². The van der Waals surface area contributed by atoms with Crippen LogP contribution in [0, 0.1) is 0 Å². The van der Waals surface area contributed by atoms with Crippen LogP contribution in [0.2, 0.25) is 0 Å². The van der Waals surface area contributed by atoms with Crippen LogP contribution in [0.15, 0.2) is 170 Å². The van der Waals surface area contributed by atoms with Crippen molar-refractivity contribution in [2.24, 2.45) is 0 Å². The number of para-hydroxylation sites is 3. The maximum atomic E-state index is 5.27. The Hall–Kier alpha value is -6.65. The summed E-state index contributed by atoms with van der Waals surface area (Å²) in [6, 6.07) is 59.6. The van der Waals surface area contributed by atoms with Gasteiger partial charge in [0.05, 0.1) is 39.1 Å². The van der Waals surface area contributed by atoms with E-state index in [9.17, 15) is 0 Å². The van der Waals surface area contributed by atoms with Crippen molar-refractivity contribution in [1.29, 1.82) is 0 Å². The van der Waals surface area contributed by atoms with E-state index >= 15 is 0 Å². The van der Waals surface area contributed by atoms with Gasteiger partial charge in [-0.15, -0.1) is 0 Å². The predicted molar refractivity (Wildman–Crippen MR) is 203 cm³/mol. The molecule has 0 saturated carbocycles. The fourth-order valence-electron chi connectivity index (χ4n) is 7.28. The summed E-state index contributed by atoms with van der Waals surface area (Å²) >= 11 is 0. The van der Waals surface area contributed by atoms with Gasteiger partial charge in [-0.2, -0.15) is 0 Å². The topological polar surface area (TPSA) is 43.1 Å². The van der Waals surface area contributed by atoms with Gasteiger partial charge in [-0.1, -0.05) is 133 Å². The smallest absolute Gasteiger partial charge is 0.160 e. The first-order valence-corrected chi connectivity index (χ1v) is 16.5. The van der Waals surface area contributed by atoms with Crippen LogP contribution in [0.5, 0.6) is 0 Å². The molecule has 10 aromatic rings. The third-order valence-electron chi connectivity index (χ3n) is 9.56. The van der Waals surface area contributed by atoms with E-state index in [-0.39, 0.29) is 0 Å². The largest absolute Gasteiger partial charge is 0.306 e. The quantitative estimate of drug-likeness (QED) is 0.196. The van der Waals surface area contributed by atoms with Gasteiger partial charge in [0.1, 0.15) is 0 Å². The zero-order valence-electron chi connectivity index (χ0n) is 26.5. The lowest BCUT2D eigenvalue weighted by molar-refractivity contribution is 1.19. The standard InChI is InChI=1S/C45H28N4/c1-4-19-34-29(12-1)15-10-21-36(34)39-28-40(37-22-11-16-30-13-2-5-20-35(30)37)48-45(47-39)33-18-9-17-32(26-33)44-43-27-31-14-3-7-24-41(31)49(43)42-25-8-6-23-38(42)46-44/h1-28H. The highest BCUT2D eigenvalue weighted by molar-refractivity contribution is 6.01. The molecule has 4 nitrogen and oxygen atoms in total. The first kappa shape index (κ1) is 27.5.